The van der Waals surface area contributed by atoms with Crippen molar-refractivity contribution in [1.29, 1.82) is 0 Å². The van der Waals surface area contributed by atoms with Crippen LogP contribution in [0.1, 0.15) is 29.9 Å². The zero-order chi connectivity index (χ0) is 14.4. The third-order valence-electron chi connectivity index (χ3n) is 3.83. The van der Waals surface area contributed by atoms with Crippen molar-refractivity contribution in [3.63, 3.8) is 0 Å². The van der Waals surface area contributed by atoms with Crippen LogP contribution in [0.2, 0.25) is 0 Å². The maximum Gasteiger partial charge on any atom is 0.317 e. The van der Waals surface area contributed by atoms with E-state index in [9.17, 15) is 4.79 Å². The van der Waals surface area contributed by atoms with Gasteiger partial charge in [0.15, 0.2) is 0 Å². The summed E-state index contributed by atoms with van der Waals surface area (Å²) in [5, 5.41) is 4.07. The molecule has 0 amide bonds. The molecule has 0 unspecified atom stereocenters. The van der Waals surface area contributed by atoms with Crippen LogP contribution in [0.3, 0.4) is 0 Å². The fraction of sp³-hybridized carbons (Fsp3) is 0.250. The Labute approximate surface area is 121 Å². The van der Waals surface area contributed by atoms with Gasteiger partial charge in [0, 0.05) is 5.56 Å². The van der Waals surface area contributed by atoms with Gasteiger partial charge in [0.1, 0.15) is 11.4 Å². The highest BCUT2D eigenvalue weighted by atomic mass is 16.5. The molecule has 3 aromatic rings. The summed E-state index contributed by atoms with van der Waals surface area (Å²) in [7, 11) is 0. The Morgan fingerprint density at radius 1 is 1.38 bits per heavy atom. The van der Waals surface area contributed by atoms with E-state index in [0.29, 0.717) is 17.3 Å². The predicted molar refractivity (Wildman–Crippen MR) is 79.0 cm³/mol. The van der Waals surface area contributed by atoms with E-state index < -0.39 is 0 Å². The molecule has 5 nitrogen and oxygen atoms in total. The van der Waals surface area contributed by atoms with Crippen LogP contribution in [-0.2, 0) is 0 Å². The lowest BCUT2D eigenvalue weighted by Crippen LogP contribution is -2.16. The van der Waals surface area contributed by atoms with Crippen LogP contribution in [0.5, 0.6) is 11.5 Å². The predicted octanol–water partition coefficient (Wildman–Crippen LogP) is 3.00. The molecule has 0 spiro atoms. The number of benzene rings is 1. The molecule has 4 rings (SSSR count). The van der Waals surface area contributed by atoms with Gasteiger partial charge in [-0.2, -0.15) is 9.61 Å². The standard InChI is InChI=1S/C16H15N3O2/c1-10-8-18-19-15(10)17-9-14(16(19)20)21-13-4-2-3-12(7-13)11-5-6-11/h2-4,7-9,11,17H,5-6H2,1H3. The molecule has 2 heterocycles. The van der Waals surface area contributed by atoms with Gasteiger partial charge in [-0.15, -0.1) is 0 Å². The van der Waals surface area contributed by atoms with Gasteiger partial charge < -0.3 is 9.72 Å². The second-order valence-electron chi connectivity index (χ2n) is 5.49. The van der Waals surface area contributed by atoms with Crippen molar-refractivity contribution >= 4 is 5.65 Å². The first-order valence-electron chi connectivity index (χ1n) is 7.06. The van der Waals surface area contributed by atoms with Crippen molar-refractivity contribution < 1.29 is 4.74 Å². The summed E-state index contributed by atoms with van der Waals surface area (Å²) in [6.07, 6.45) is 5.73. The summed E-state index contributed by atoms with van der Waals surface area (Å²) in [5.74, 6) is 1.59. The van der Waals surface area contributed by atoms with Crippen LogP contribution >= 0.6 is 0 Å². The Morgan fingerprint density at radius 2 is 2.24 bits per heavy atom. The SMILES string of the molecule is Cc1cnn2c(=O)c(Oc3cccc(C4CC4)c3)c[nH]c12. The number of aromatic amines is 1. The van der Waals surface area contributed by atoms with E-state index >= 15 is 0 Å². The number of aromatic nitrogens is 3. The molecule has 0 bridgehead atoms. The molecular weight excluding hydrogens is 266 g/mol. The van der Waals surface area contributed by atoms with E-state index in [2.05, 4.69) is 16.1 Å². The first kappa shape index (κ1) is 12.2. The van der Waals surface area contributed by atoms with Crippen molar-refractivity contribution in [2.24, 2.45) is 0 Å². The van der Waals surface area contributed by atoms with Gasteiger partial charge in [-0.3, -0.25) is 4.79 Å². The summed E-state index contributed by atoms with van der Waals surface area (Å²) >= 11 is 0. The number of aryl methyl sites for hydroxylation is 1. The molecule has 0 saturated heterocycles. The minimum absolute atomic E-state index is 0.249. The summed E-state index contributed by atoms with van der Waals surface area (Å²) in [5.41, 5.74) is 2.64. The van der Waals surface area contributed by atoms with Gasteiger partial charge in [-0.1, -0.05) is 12.1 Å². The molecule has 1 aliphatic carbocycles. The monoisotopic (exact) mass is 281 g/mol. The maximum atomic E-state index is 12.3. The van der Waals surface area contributed by atoms with Crippen LogP contribution in [0.25, 0.3) is 5.65 Å². The third-order valence-corrected chi connectivity index (χ3v) is 3.83. The first-order chi connectivity index (χ1) is 10.2. The van der Waals surface area contributed by atoms with Crippen LogP contribution < -0.4 is 10.3 Å². The Bertz CT molecular complexity index is 875. The lowest BCUT2D eigenvalue weighted by atomic mass is 10.1. The number of H-pyrrole nitrogens is 1. The smallest absolute Gasteiger partial charge is 0.317 e. The average Bonchev–Trinajstić information content (AvgIpc) is 3.27. The highest BCUT2D eigenvalue weighted by Gasteiger charge is 2.23. The Hall–Kier alpha value is -2.56. The molecule has 1 N–H and O–H groups in total. The second-order valence-corrected chi connectivity index (χ2v) is 5.49. The molecule has 0 aliphatic heterocycles. The van der Waals surface area contributed by atoms with Crippen molar-refractivity contribution in [1.82, 2.24) is 14.6 Å². The molecule has 5 heteroatoms. The van der Waals surface area contributed by atoms with E-state index in [-0.39, 0.29) is 11.3 Å². The van der Waals surface area contributed by atoms with Gasteiger partial charge >= 0.3 is 5.56 Å². The molecular formula is C16H15N3O2. The van der Waals surface area contributed by atoms with E-state index in [1.165, 1.54) is 22.9 Å². The third kappa shape index (κ3) is 2.11. The number of rotatable bonds is 3. The minimum Gasteiger partial charge on any atom is -0.450 e. The van der Waals surface area contributed by atoms with Crippen LogP contribution in [-0.4, -0.2) is 14.6 Å². The largest absolute Gasteiger partial charge is 0.450 e. The molecule has 1 saturated carbocycles. The fourth-order valence-corrected chi connectivity index (χ4v) is 2.51. The lowest BCUT2D eigenvalue weighted by molar-refractivity contribution is 0.468. The number of hydrogen-bond donors (Lipinski definition) is 1. The number of hydrogen-bond acceptors (Lipinski definition) is 3. The van der Waals surface area contributed by atoms with E-state index in [1.807, 2.05) is 25.1 Å². The van der Waals surface area contributed by atoms with Gasteiger partial charge in [0.05, 0.1) is 12.4 Å². The Morgan fingerprint density at radius 3 is 3.05 bits per heavy atom. The van der Waals surface area contributed by atoms with Crippen molar-refractivity contribution in [3.8, 4) is 11.5 Å². The highest BCUT2D eigenvalue weighted by Crippen LogP contribution is 2.41. The van der Waals surface area contributed by atoms with Crippen LogP contribution in [0, 0.1) is 6.92 Å². The topological polar surface area (TPSA) is 59.4 Å². The van der Waals surface area contributed by atoms with Gasteiger partial charge in [0.25, 0.3) is 0 Å². The molecule has 1 aliphatic rings. The first-order valence-corrected chi connectivity index (χ1v) is 7.06. The van der Waals surface area contributed by atoms with Crippen LogP contribution in [0.4, 0.5) is 0 Å². The summed E-state index contributed by atoms with van der Waals surface area (Å²) in [6.45, 7) is 1.90. The number of nitrogens with one attached hydrogen (secondary N) is 1. The maximum absolute atomic E-state index is 12.3. The van der Waals surface area contributed by atoms with Gasteiger partial charge in [-0.25, -0.2) is 0 Å². The molecule has 106 valence electrons. The van der Waals surface area contributed by atoms with E-state index in [4.69, 9.17) is 4.74 Å². The van der Waals surface area contributed by atoms with Crippen molar-refractivity contribution in [3.05, 3.63) is 58.1 Å². The second kappa shape index (κ2) is 4.48. The summed E-state index contributed by atoms with van der Waals surface area (Å²) < 4.78 is 7.07. The zero-order valence-corrected chi connectivity index (χ0v) is 11.7. The number of ether oxygens (including phenoxy) is 1. The van der Waals surface area contributed by atoms with E-state index in [0.717, 1.165) is 5.56 Å². The van der Waals surface area contributed by atoms with E-state index in [1.54, 1.807) is 12.4 Å². The molecule has 2 aromatic heterocycles. The summed E-state index contributed by atoms with van der Waals surface area (Å²) in [6, 6.07) is 7.95. The van der Waals surface area contributed by atoms with Gasteiger partial charge in [0.2, 0.25) is 5.75 Å². The quantitative estimate of drug-likeness (QED) is 0.802. The Kier molecular flexibility index (Phi) is 2.60. The zero-order valence-electron chi connectivity index (χ0n) is 11.7. The molecule has 1 aromatic carbocycles. The highest BCUT2D eigenvalue weighted by molar-refractivity contribution is 5.46. The fourth-order valence-electron chi connectivity index (χ4n) is 2.51. The van der Waals surface area contributed by atoms with Crippen molar-refractivity contribution in [2.75, 3.05) is 0 Å². The number of nitrogens with zero attached hydrogens (tertiary/aromatic N) is 2. The molecule has 0 atom stereocenters. The van der Waals surface area contributed by atoms with Crippen LogP contribution in [0.15, 0.2) is 41.5 Å². The van der Waals surface area contributed by atoms with Gasteiger partial charge in [-0.05, 0) is 43.4 Å². The Balaban J connectivity index is 1.72. The average molecular weight is 281 g/mol. The normalized spacial score (nSPS) is 14.5. The molecule has 21 heavy (non-hydrogen) atoms. The molecule has 0 radical (unpaired) electrons. The summed E-state index contributed by atoms with van der Waals surface area (Å²) in [4.78, 5) is 15.4. The minimum atomic E-state index is -0.256. The molecule has 1 fully saturated rings. The number of fused-ring (bicyclic) bond motifs is 1. The van der Waals surface area contributed by atoms with Crippen molar-refractivity contribution in [2.45, 2.75) is 25.7 Å². The lowest BCUT2D eigenvalue weighted by Gasteiger charge is -2.07.